The molecule has 2 aliphatic heterocycles. The van der Waals surface area contributed by atoms with Crippen molar-refractivity contribution in [1.29, 1.82) is 0 Å². The van der Waals surface area contributed by atoms with Gasteiger partial charge in [-0.1, -0.05) is 52.8 Å². The van der Waals surface area contributed by atoms with Crippen molar-refractivity contribution in [2.24, 2.45) is 17.8 Å². The molecule has 2 atom stereocenters. The van der Waals surface area contributed by atoms with Gasteiger partial charge in [-0.2, -0.15) is 0 Å². The average Bonchev–Trinajstić information content (AvgIpc) is 3.34. The Morgan fingerprint density at radius 2 is 1.68 bits per heavy atom. The van der Waals surface area contributed by atoms with E-state index < -0.39 is 0 Å². The van der Waals surface area contributed by atoms with Crippen LogP contribution in [-0.4, -0.2) is 41.1 Å². The van der Waals surface area contributed by atoms with Crippen molar-refractivity contribution in [3.05, 3.63) is 53.0 Å². The zero-order valence-corrected chi connectivity index (χ0v) is 24.6. The Kier molecular flexibility index (Phi) is 8.30. The van der Waals surface area contributed by atoms with Gasteiger partial charge in [0.25, 0.3) is 0 Å². The number of hydrogen-bond donors (Lipinski definition) is 0. The Labute approximate surface area is 225 Å². The number of pyridine rings is 1. The molecule has 4 heterocycles. The van der Waals surface area contributed by atoms with Crippen LogP contribution in [0.3, 0.4) is 0 Å². The van der Waals surface area contributed by atoms with E-state index in [2.05, 4.69) is 83.9 Å². The number of aromatic nitrogens is 3. The smallest absolute Gasteiger partial charge is 0.225 e. The molecule has 2 aliphatic rings. The van der Waals surface area contributed by atoms with Crippen molar-refractivity contribution in [2.75, 3.05) is 36.0 Å². The fraction of sp³-hybridized carbons (Fsp3) is 0.656. The first kappa shape index (κ1) is 27.6. The van der Waals surface area contributed by atoms with Gasteiger partial charge < -0.3 is 9.80 Å². The molecule has 0 amide bonds. The highest BCUT2D eigenvalue weighted by atomic mass is 15.3. The summed E-state index contributed by atoms with van der Waals surface area (Å²) in [5.41, 5.74) is 6.34. The lowest BCUT2D eigenvalue weighted by Crippen LogP contribution is -2.38. The van der Waals surface area contributed by atoms with E-state index in [0.717, 1.165) is 49.6 Å². The molecule has 4 rings (SSSR count). The third-order valence-electron chi connectivity index (χ3n) is 9.10. The summed E-state index contributed by atoms with van der Waals surface area (Å²) >= 11 is 0. The molecule has 0 saturated carbocycles. The predicted molar refractivity (Wildman–Crippen MR) is 157 cm³/mol. The van der Waals surface area contributed by atoms with Crippen molar-refractivity contribution in [3.63, 3.8) is 0 Å². The third-order valence-corrected chi connectivity index (χ3v) is 9.10. The fourth-order valence-corrected chi connectivity index (χ4v) is 6.74. The maximum atomic E-state index is 5.08. The number of hydrogen-bond acceptors (Lipinski definition) is 5. The largest absolute Gasteiger partial charge is 0.356 e. The molecule has 5 heteroatoms. The summed E-state index contributed by atoms with van der Waals surface area (Å²) < 4.78 is 0. The molecule has 0 radical (unpaired) electrons. The van der Waals surface area contributed by atoms with Gasteiger partial charge >= 0.3 is 0 Å². The van der Waals surface area contributed by atoms with Crippen LogP contribution in [0.1, 0.15) is 95.7 Å². The molecule has 2 fully saturated rings. The van der Waals surface area contributed by atoms with Crippen LogP contribution in [0, 0.1) is 31.6 Å². The number of rotatable bonds is 8. The lowest BCUT2D eigenvalue weighted by atomic mass is 9.72. The molecule has 5 nitrogen and oxygen atoms in total. The molecule has 2 saturated heterocycles. The van der Waals surface area contributed by atoms with Gasteiger partial charge in [-0.15, -0.1) is 0 Å². The zero-order valence-electron chi connectivity index (χ0n) is 24.6. The van der Waals surface area contributed by atoms with Gasteiger partial charge in [0.15, 0.2) is 0 Å². The summed E-state index contributed by atoms with van der Waals surface area (Å²) in [7, 11) is 0. The third kappa shape index (κ3) is 6.18. The lowest BCUT2D eigenvalue weighted by Gasteiger charge is -2.38. The zero-order chi connectivity index (χ0) is 26.9. The molecule has 202 valence electrons. The van der Waals surface area contributed by atoms with Crippen molar-refractivity contribution in [3.8, 4) is 0 Å². The first-order valence-electron chi connectivity index (χ1n) is 14.4. The van der Waals surface area contributed by atoms with E-state index in [1.807, 2.05) is 6.20 Å². The molecule has 0 bridgehead atoms. The molecular formula is C32H49N5. The average molecular weight is 504 g/mol. The summed E-state index contributed by atoms with van der Waals surface area (Å²) in [5, 5.41) is 0. The van der Waals surface area contributed by atoms with E-state index in [4.69, 9.17) is 15.0 Å². The van der Waals surface area contributed by atoms with E-state index in [0.29, 0.717) is 17.8 Å². The number of piperidine rings is 1. The molecule has 2 aromatic rings. The van der Waals surface area contributed by atoms with Crippen LogP contribution in [-0.2, 0) is 5.41 Å². The van der Waals surface area contributed by atoms with Crippen molar-refractivity contribution < 1.29 is 0 Å². The quantitative estimate of drug-likeness (QED) is 0.355. The maximum absolute atomic E-state index is 5.08. The first-order chi connectivity index (χ1) is 17.5. The SMILES string of the molecule is C=C(C)C1CCN(c2ccc(C(C)(C)CC(C)C3CCN(c4ncc(C(C)C)c(C)n4)CC3)c(C)n2)C1. The van der Waals surface area contributed by atoms with Crippen molar-refractivity contribution >= 4 is 11.8 Å². The van der Waals surface area contributed by atoms with E-state index >= 15 is 0 Å². The van der Waals surface area contributed by atoms with Gasteiger partial charge in [0.05, 0.1) is 0 Å². The number of nitrogens with zero attached hydrogens (tertiary/aromatic N) is 5. The second-order valence-electron chi connectivity index (χ2n) is 12.8. The summed E-state index contributed by atoms with van der Waals surface area (Å²) in [6, 6.07) is 4.60. The van der Waals surface area contributed by atoms with Crippen LogP contribution >= 0.6 is 0 Å². The molecule has 37 heavy (non-hydrogen) atoms. The molecule has 2 unspecified atom stereocenters. The summed E-state index contributed by atoms with van der Waals surface area (Å²) in [5.74, 6) is 4.50. The Bertz CT molecular complexity index is 1100. The number of aryl methyl sites for hydroxylation is 2. The molecule has 2 aromatic heterocycles. The summed E-state index contributed by atoms with van der Waals surface area (Å²) in [6.45, 7) is 26.5. The van der Waals surface area contributed by atoms with Crippen molar-refractivity contribution in [2.45, 2.75) is 92.4 Å². The van der Waals surface area contributed by atoms with E-state index in [1.165, 1.54) is 48.1 Å². The number of anilines is 2. The van der Waals surface area contributed by atoms with Gasteiger partial charge in [0.2, 0.25) is 5.95 Å². The van der Waals surface area contributed by atoms with Crippen molar-refractivity contribution in [1.82, 2.24) is 15.0 Å². The van der Waals surface area contributed by atoms with Crippen LogP contribution in [0.4, 0.5) is 11.8 Å². The van der Waals surface area contributed by atoms with Crippen LogP contribution in [0.25, 0.3) is 0 Å². The maximum Gasteiger partial charge on any atom is 0.225 e. The highest BCUT2D eigenvalue weighted by molar-refractivity contribution is 5.45. The van der Waals surface area contributed by atoms with Crippen LogP contribution in [0.2, 0.25) is 0 Å². The minimum Gasteiger partial charge on any atom is -0.356 e. The Balaban J connectivity index is 1.35. The monoisotopic (exact) mass is 503 g/mol. The molecular weight excluding hydrogens is 454 g/mol. The van der Waals surface area contributed by atoms with E-state index in [1.54, 1.807) is 0 Å². The minimum absolute atomic E-state index is 0.102. The minimum atomic E-state index is 0.102. The second-order valence-corrected chi connectivity index (χ2v) is 12.8. The van der Waals surface area contributed by atoms with Gasteiger partial charge in [0.1, 0.15) is 5.82 Å². The second kappa shape index (κ2) is 11.1. The van der Waals surface area contributed by atoms with E-state index in [-0.39, 0.29) is 5.41 Å². The lowest BCUT2D eigenvalue weighted by molar-refractivity contribution is 0.238. The Morgan fingerprint density at radius 1 is 1.00 bits per heavy atom. The van der Waals surface area contributed by atoms with Crippen LogP contribution in [0.5, 0.6) is 0 Å². The topological polar surface area (TPSA) is 45.2 Å². The van der Waals surface area contributed by atoms with Gasteiger partial charge in [-0.25, -0.2) is 15.0 Å². The Hall–Kier alpha value is -2.43. The van der Waals surface area contributed by atoms with Crippen LogP contribution in [0.15, 0.2) is 30.5 Å². The van der Waals surface area contributed by atoms with E-state index in [9.17, 15) is 0 Å². The fourth-order valence-electron chi connectivity index (χ4n) is 6.74. The van der Waals surface area contributed by atoms with Gasteiger partial charge in [0, 0.05) is 43.8 Å². The summed E-state index contributed by atoms with van der Waals surface area (Å²) in [4.78, 5) is 19.5. The molecule has 0 aromatic carbocycles. The normalized spacial score (nSPS) is 20.1. The highest BCUT2D eigenvalue weighted by Gasteiger charge is 2.32. The predicted octanol–water partition coefficient (Wildman–Crippen LogP) is 7.23. The van der Waals surface area contributed by atoms with Crippen LogP contribution < -0.4 is 9.80 Å². The summed E-state index contributed by atoms with van der Waals surface area (Å²) in [6.07, 6.45) is 6.82. The standard InChI is InChI=1S/C32H49N5/c1-21(2)27-14-17-37(20-27)30-11-10-29(25(7)34-30)32(8,9)18-23(5)26-12-15-36(16-13-26)31-33-19-28(22(3)4)24(6)35-31/h10-11,19,22-23,26-27H,1,12-18,20H2,2-9H3. The molecule has 0 N–H and O–H groups in total. The first-order valence-corrected chi connectivity index (χ1v) is 14.4. The molecule has 0 spiro atoms. The molecule has 0 aliphatic carbocycles. The highest BCUT2D eigenvalue weighted by Crippen LogP contribution is 2.38. The Morgan fingerprint density at radius 3 is 2.24 bits per heavy atom. The van der Waals surface area contributed by atoms with Gasteiger partial charge in [-0.3, -0.25) is 0 Å². The van der Waals surface area contributed by atoms with Gasteiger partial charge in [-0.05, 0) is 92.7 Å².